The van der Waals surface area contributed by atoms with E-state index in [2.05, 4.69) is 21.3 Å². The van der Waals surface area contributed by atoms with E-state index in [-0.39, 0.29) is 0 Å². The van der Waals surface area contributed by atoms with Crippen LogP contribution in [0.5, 0.6) is 0 Å². The van der Waals surface area contributed by atoms with E-state index in [0.29, 0.717) is 0 Å². The minimum atomic E-state index is -2.71. The Balaban J connectivity index is 0.871. The van der Waals surface area contributed by atoms with Gasteiger partial charge in [-0.15, -0.1) is 0 Å². The molecule has 0 aromatic heterocycles. The Hall–Kier alpha value is -4.32. The van der Waals surface area contributed by atoms with Gasteiger partial charge in [0.15, 0.2) is 75.5 Å². The maximum Gasteiger partial charge on any atom is 0.217 e. The summed E-state index contributed by atoms with van der Waals surface area (Å²) in [6.07, 6.45) is -120. The molecule has 63 nitrogen and oxygen atoms in total. The molecule has 0 spiro atoms. The summed E-state index contributed by atoms with van der Waals surface area (Å²) in [7, 11) is 0. The molecule has 143 heavy (non-hydrogen) atoms. The molecule has 4 amide bonds. The van der Waals surface area contributed by atoms with Crippen LogP contribution in [-0.4, -0.2) is 621 Å². The van der Waals surface area contributed by atoms with E-state index < -0.39 is 458 Å². The first kappa shape index (κ1) is 117. The van der Waals surface area contributed by atoms with Gasteiger partial charge in [-0.05, 0) is 13.8 Å². The van der Waals surface area contributed by atoms with Crippen molar-refractivity contribution in [2.45, 2.75) is 410 Å². The zero-order valence-corrected chi connectivity index (χ0v) is 77.0. The standard InChI is InChI=1S/C80H134N4O59/c1-17-37(97)50(110)55(115)73(123-17)122-16-32-62(47(107)33(69(120)125-32)81-19(3)93)135-71-35(83-21(5)95)48(108)60(29(13-91)132-71)136-77-59(119)64(45(105)31(134-77)15-121-74-58(118)63(43(103)27(11-89)127-74)138-79-67(54(114)42(102)26(10-88)130-79)142-76-57(117)52(112)40(100)24(8-86)128-76)139-78-66(53(113)41(101)25(9-87)129-78)141-72-36(84-22(6)96)49(109)61(30(14-92)133-72)137-80-68(143-75-56(116)51(111)38(98)18(2)124-75)65(44(104)28(12-90)131-80)140-70-34(82-20(4)94)46(106)39(99)23(7-85)126-70/h17-18,23-80,85-92,97-120H,7-16H2,1-6H3,(H,81,93)(H,82,94)(H,83,95)(H,84,96)/t17-,18-,23+,24+,25+,26+,27+,28+,29+,30+,31+,32+,33+,34+,35+,36+,37+,38+,39-,40+,41+,42+,43+,44-,45+,46+,47+,48+,49+,50+,51+,52-,53-,54-,55-,56-,57-,58-,59-,60+,61+,62+,63-,64-,65-,66-,67-,68+,69+,70+,71-,72-,73+,74-,75-,76+,77-,78+,79+,80-/m0/s1. The second-order valence-electron chi connectivity index (χ2n) is 36.6. The van der Waals surface area contributed by atoms with E-state index in [4.69, 9.17) is 109 Å². The molecule has 12 heterocycles. The molecule has 12 rings (SSSR count). The van der Waals surface area contributed by atoms with Gasteiger partial charge in [-0.2, -0.15) is 0 Å². The summed E-state index contributed by atoms with van der Waals surface area (Å²) in [5, 5.41) is 371. The lowest BCUT2D eigenvalue weighted by Gasteiger charge is -2.52. The van der Waals surface area contributed by atoms with Crippen LogP contribution in [0.2, 0.25) is 0 Å². The molecular weight excluding hydrogens is 1960 g/mol. The SMILES string of the molecule is CC(=O)N[C@@H]1[C@@H](O)[C@H](O[C@@H]2O[C@H](CO)[C@@H](O[C@@H]3O[C@H](CO[C@H]4O[C@H](CO)[C@@H](O)[C@H](O[C@H]5O[C@H](CO)[C@@H](O)[C@H](O)[C@@H]5O[C@H]5O[C@H](CO)[C@@H](O)[C@H](O)[C@@H]5O)[C@@H]4O)[C@@H](O)[C@H](O[C@H]4O[C@H](CO)[C@@H](O)[C@H](O)[C@@H]4O[C@@H]4O[C@H](CO)[C@@H](O[C@@H]5O[C@H](CO)[C@H](O)[C@H](O[C@H]6O[C@H](CO)[C@H](O)[C@H](O)[C@H]6NC(C)=O)[C@H]5O[C@@H]5O[C@@H](C)[C@@H](O)[C@@H](O)[C@@H]5O)[C@H](O)[C@H]4NC(C)=O)[C@@H]3O)[C@H](O)[C@H]2NC(C)=O)[C@@H](CO[C@@H]2O[C@@H](C)[C@@H](O)[C@@H](O)[C@@H]2O)O[C@H]1O. The summed E-state index contributed by atoms with van der Waals surface area (Å²) >= 11 is 0. The fourth-order valence-electron chi connectivity index (χ4n) is 18.7. The molecule has 12 aliphatic heterocycles. The Morgan fingerprint density at radius 1 is 0.196 bits per heavy atom. The molecule has 0 aromatic rings. The van der Waals surface area contributed by atoms with Crippen molar-refractivity contribution in [2.24, 2.45) is 0 Å². The van der Waals surface area contributed by atoms with Crippen LogP contribution in [0.25, 0.3) is 0 Å². The van der Waals surface area contributed by atoms with Gasteiger partial charge in [-0.25, -0.2) is 0 Å². The Kier molecular flexibility index (Phi) is 41.8. The van der Waals surface area contributed by atoms with Gasteiger partial charge in [0.25, 0.3) is 0 Å². The maximum absolute atomic E-state index is 13.5. The van der Waals surface area contributed by atoms with Crippen LogP contribution in [-0.2, 0) is 128 Å². The number of hydrogen-bond donors (Lipinski definition) is 36. The topological polar surface area (TPSA) is 976 Å². The molecule has 0 unspecified atom stereocenters. The highest BCUT2D eigenvalue weighted by molar-refractivity contribution is 5.74. The maximum atomic E-state index is 13.5. The van der Waals surface area contributed by atoms with Gasteiger partial charge in [0, 0.05) is 27.7 Å². The first-order valence-electron chi connectivity index (χ1n) is 45.9. The summed E-state index contributed by atoms with van der Waals surface area (Å²) in [6, 6.07) is -7.87. The van der Waals surface area contributed by atoms with Crippen molar-refractivity contribution in [3.63, 3.8) is 0 Å². The fourth-order valence-corrected chi connectivity index (χ4v) is 18.7. The first-order valence-corrected chi connectivity index (χ1v) is 45.9. The largest absolute Gasteiger partial charge is 0.394 e. The Morgan fingerprint density at radius 2 is 0.441 bits per heavy atom. The highest BCUT2D eigenvalue weighted by Crippen LogP contribution is 2.43. The Bertz CT molecular complexity index is 3960. The third kappa shape index (κ3) is 25.8. The van der Waals surface area contributed by atoms with Crippen molar-refractivity contribution in [3.8, 4) is 0 Å². The number of nitrogens with one attached hydrogen (secondary N) is 4. The lowest BCUT2D eigenvalue weighted by Crippen LogP contribution is -2.71. The van der Waals surface area contributed by atoms with Gasteiger partial charge in [-0.1, -0.05) is 0 Å². The van der Waals surface area contributed by atoms with Crippen LogP contribution >= 0.6 is 0 Å². The number of hydrogen-bond acceptors (Lipinski definition) is 59. The molecule has 12 fully saturated rings. The number of aliphatic hydroxyl groups is 32. The van der Waals surface area contributed by atoms with Crippen molar-refractivity contribution < 1.29 is 292 Å². The van der Waals surface area contributed by atoms with Crippen LogP contribution in [0.3, 0.4) is 0 Å². The summed E-state index contributed by atoms with van der Waals surface area (Å²) in [6.45, 7) is -5.49. The molecule has 12 saturated heterocycles. The van der Waals surface area contributed by atoms with Gasteiger partial charge in [0.05, 0.1) is 78.3 Å². The number of carbonyl (C=O) groups is 4. The molecule has 0 saturated carbocycles. The van der Waals surface area contributed by atoms with E-state index in [1.54, 1.807) is 0 Å². The summed E-state index contributed by atoms with van der Waals surface area (Å²) in [5.41, 5.74) is 0. The quantitative estimate of drug-likeness (QED) is 0.0277. The molecule has 12 aliphatic rings. The van der Waals surface area contributed by atoms with Crippen LogP contribution in [0.4, 0.5) is 0 Å². The third-order valence-corrected chi connectivity index (χ3v) is 26.6. The Morgan fingerprint density at radius 3 is 0.881 bits per heavy atom. The van der Waals surface area contributed by atoms with E-state index in [1.807, 2.05) is 0 Å². The predicted octanol–water partition coefficient (Wildman–Crippen LogP) is -24.5. The number of rotatable bonds is 36. The smallest absolute Gasteiger partial charge is 0.217 e. The van der Waals surface area contributed by atoms with Gasteiger partial charge >= 0.3 is 0 Å². The number of aliphatic hydroxyl groups excluding tert-OH is 32. The minimum Gasteiger partial charge on any atom is -0.394 e. The fraction of sp³-hybridized carbons (Fsp3) is 0.950. The second kappa shape index (κ2) is 51.0. The molecule has 36 N–H and O–H groups in total. The van der Waals surface area contributed by atoms with E-state index in [9.17, 15) is 183 Å². The molecule has 0 aromatic carbocycles. The van der Waals surface area contributed by atoms with Gasteiger partial charge in [0.1, 0.15) is 281 Å². The zero-order chi connectivity index (χ0) is 105. The summed E-state index contributed by atoms with van der Waals surface area (Å²) in [4.78, 5) is 52.1. The molecule has 0 aliphatic carbocycles. The van der Waals surface area contributed by atoms with Gasteiger partial charge in [-0.3, -0.25) is 19.2 Å². The highest BCUT2D eigenvalue weighted by Gasteiger charge is 2.64. The monoisotopic (exact) mass is 2090 g/mol. The average Bonchev–Trinajstić information content (AvgIpc) is 0.739. The van der Waals surface area contributed by atoms with Crippen LogP contribution in [0.1, 0.15) is 41.5 Å². The zero-order valence-electron chi connectivity index (χ0n) is 77.0. The van der Waals surface area contributed by atoms with Crippen molar-refractivity contribution >= 4 is 23.6 Å². The lowest BCUT2D eigenvalue weighted by atomic mass is 9.93. The van der Waals surface area contributed by atoms with E-state index >= 15 is 0 Å². The van der Waals surface area contributed by atoms with Crippen LogP contribution < -0.4 is 21.3 Å². The summed E-state index contributed by atoms with van der Waals surface area (Å²) < 4.78 is 138. The predicted molar refractivity (Wildman–Crippen MR) is 439 cm³/mol. The van der Waals surface area contributed by atoms with Gasteiger partial charge in [0.2, 0.25) is 23.6 Å². The number of amides is 4. The lowest BCUT2D eigenvalue weighted by molar-refractivity contribution is -0.406. The third-order valence-electron chi connectivity index (χ3n) is 26.6. The normalized spacial score (nSPS) is 50.7. The van der Waals surface area contributed by atoms with Crippen molar-refractivity contribution in [3.05, 3.63) is 0 Å². The second-order valence-corrected chi connectivity index (χ2v) is 36.6. The Labute approximate surface area is 809 Å². The molecule has 0 bridgehead atoms. The van der Waals surface area contributed by atoms with E-state index in [1.165, 1.54) is 13.8 Å². The van der Waals surface area contributed by atoms with Crippen molar-refractivity contribution in [2.75, 3.05) is 66.1 Å². The molecule has 63 heteroatoms. The minimum absolute atomic E-state index is 0.861. The molecule has 0 radical (unpaired) electrons. The van der Waals surface area contributed by atoms with Crippen LogP contribution in [0.15, 0.2) is 0 Å². The van der Waals surface area contributed by atoms with Crippen molar-refractivity contribution in [1.82, 2.24) is 21.3 Å². The van der Waals surface area contributed by atoms with Crippen molar-refractivity contribution in [1.29, 1.82) is 0 Å². The average molecular weight is 2100 g/mol. The molecule has 828 valence electrons. The number of carbonyl (C=O) groups excluding carboxylic acids is 4. The summed E-state index contributed by atoms with van der Waals surface area (Å²) in [5.74, 6) is -3.87. The molecular formula is C80H134N4O59. The molecule has 60 atom stereocenters. The number of ether oxygens (including phenoxy) is 23. The van der Waals surface area contributed by atoms with Crippen LogP contribution in [0, 0.1) is 0 Å². The van der Waals surface area contributed by atoms with Gasteiger partial charge < -0.3 is 294 Å². The van der Waals surface area contributed by atoms with E-state index in [0.717, 1.165) is 27.7 Å². The first-order chi connectivity index (χ1) is 67.6. The highest BCUT2D eigenvalue weighted by atomic mass is 16.8.